The van der Waals surface area contributed by atoms with Gasteiger partial charge in [0, 0.05) is 39.8 Å². The number of nitrogens with zero attached hydrogens (tertiary/aromatic N) is 2. The number of guanidine groups is 1. The van der Waals surface area contributed by atoms with Gasteiger partial charge in [-0.2, -0.15) is 0 Å². The van der Waals surface area contributed by atoms with Crippen molar-refractivity contribution in [2.24, 2.45) is 4.99 Å². The molecule has 0 radical (unpaired) electrons. The van der Waals surface area contributed by atoms with E-state index in [0.717, 1.165) is 58.3 Å². The van der Waals surface area contributed by atoms with Gasteiger partial charge in [0.2, 0.25) is 0 Å². The van der Waals surface area contributed by atoms with Crippen molar-refractivity contribution in [1.82, 2.24) is 15.5 Å². The first kappa shape index (κ1) is 23.6. The molecule has 2 N–H and O–H groups in total. The van der Waals surface area contributed by atoms with E-state index in [9.17, 15) is 0 Å². The van der Waals surface area contributed by atoms with Crippen LogP contribution in [0.4, 0.5) is 0 Å². The molecule has 0 saturated carbocycles. The third kappa shape index (κ3) is 9.58. The molecule has 0 aromatic heterocycles. The van der Waals surface area contributed by atoms with Crippen LogP contribution >= 0.6 is 0 Å². The average Bonchev–Trinajstić information content (AvgIpc) is 2.78. The van der Waals surface area contributed by atoms with Gasteiger partial charge in [-0.3, -0.25) is 9.89 Å². The highest BCUT2D eigenvalue weighted by atomic mass is 16.5. The lowest BCUT2D eigenvalue weighted by Crippen LogP contribution is -2.46. The highest BCUT2D eigenvalue weighted by Gasteiger charge is 2.22. The summed E-state index contributed by atoms with van der Waals surface area (Å²) in [7, 11) is 1.80. The van der Waals surface area contributed by atoms with Crippen LogP contribution in [0.15, 0.2) is 35.3 Å². The van der Waals surface area contributed by atoms with Gasteiger partial charge in [0.1, 0.15) is 0 Å². The Kier molecular flexibility index (Phi) is 12.4. The van der Waals surface area contributed by atoms with Crippen LogP contribution in [0.5, 0.6) is 0 Å². The molecule has 2 rings (SSSR count). The second-order valence-electron chi connectivity index (χ2n) is 7.03. The molecule has 1 heterocycles. The summed E-state index contributed by atoms with van der Waals surface area (Å²) in [5.74, 6) is 0.794. The van der Waals surface area contributed by atoms with Crippen molar-refractivity contribution in [3.63, 3.8) is 0 Å². The Bertz CT molecular complexity index is 550. The average molecular weight is 407 g/mol. The zero-order valence-electron chi connectivity index (χ0n) is 18.1. The van der Waals surface area contributed by atoms with Crippen LogP contribution in [0.25, 0.3) is 0 Å². The fourth-order valence-corrected chi connectivity index (χ4v) is 3.25. The first-order valence-corrected chi connectivity index (χ1v) is 10.8. The number of rotatable bonds is 13. The van der Waals surface area contributed by atoms with Gasteiger partial charge < -0.3 is 24.8 Å². The number of unbranched alkanes of at least 4 members (excludes halogenated alkanes) is 1. The molecule has 164 valence electrons. The predicted molar refractivity (Wildman–Crippen MR) is 117 cm³/mol. The van der Waals surface area contributed by atoms with Gasteiger partial charge in [-0.15, -0.1) is 0 Å². The summed E-state index contributed by atoms with van der Waals surface area (Å²) in [5.41, 5.74) is 1.31. The summed E-state index contributed by atoms with van der Waals surface area (Å²) in [6, 6.07) is 10.9. The van der Waals surface area contributed by atoms with E-state index in [-0.39, 0.29) is 6.04 Å². The van der Waals surface area contributed by atoms with Crippen LogP contribution in [0.1, 0.15) is 31.4 Å². The topological polar surface area (TPSA) is 67.4 Å². The molecule has 1 fully saturated rings. The van der Waals surface area contributed by atoms with E-state index in [1.54, 1.807) is 7.05 Å². The van der Waals surface area contributed by atoms with Crippen molar-refractivity contribution in [3.05, 3.63) is 35.9 Å². The van der Waals surface area contributed by atoms with Crippen LogP contribution in [-0.2, 0) is 14.2 Å². The maximum atomic E-state index is 5.61. The predicted octanol–water partition coefficient (Wildman–Crippen LogP) is 2.06. The number of benzene rings is 1. The first-order valence-electron chi connectivity index (χ1n) is 10.8. The van der Waals surface area contributed by atoms with Gasteiger partial charge in [0.15, 0.2) is 5.96 Å². The SMILES string of the molecule is CCCCOCCOCCNC(=NC)NCC(c1ccccc1)N1CCOCC1. The highest BCUT2D eigenvalue weighted by molar-refractivity contribution is 5.79. The maximum Gasteiger partial charge on any atom is 0.191 e. The van der Waals surface area contributed by atoms with E-state index < -0.39 is 0 Å². The molecule has 1 aliphatic heterocycles. The highest BCUT2D eigenvalue weighted by Crippen LogP contribution is 2.20. The van der Waals surface area contributed by atoms with Crippen molar-refractivity contribution >= 4 is 5.96 Å². The van der Waals surface area contributed by atoms with Gasteiger partial charge in [0.05, 0.1) is 39.1 Å². The second-order valence-corrected chi connectivity index (χ2v) is 7.03. The van der Waals surface area contributed by atoms with Crippen molar-refractivity contribution in [2.75, 3.05) is 72.9 Å². The van der Waals surface area contributed by atoms with E-state index in [2.05, 4.69) is 57.8 Å². The van der Waals surface area contributed by atoms with E-state index in [1.807, 2.05) is 0 Å². The molecular formula is C22H38N4O3. The van der Waals surface area contributed by atoms with Crippen LogP contribution in [-0.4, -0.2) is 83.7 Å². The van der Waals surface area contributed by atoms with Crippen molar-refractivity contribution in [3.8, 4) is 0 Å². The van der Waals surface area contributed by atoms with E-state index in [0.29, 0.717) is 26.4 Å². The molecule has 1 aromatic rings. The minimum Gasteiger partial charge on any atom is -0.379 e. The molecule has 7 nitrogen and oxygen atoms in total. The van der Waals surface area contributed by atoms with Gasteiger partial charge in [-0.25, -0.2) is 0 Å². The number of hydrogen-bond acceptors (Lipinski definition) is 5. The summed E-state index contributed by atoms with van der Waals surface area (Å²) in [6.07, 6.45) is 2.27. The lowest BCUT2D eigenvalue weighted by molar-refractivity contribution is 0.0170. The Morgan fingerprint density at radius 2 is 1.79 bits per heavy atom. The summed E-state index contributed by atoms with van der Waals surface area (Å²) < 4.78 is 16.6. The summed E-state index contributed by atoms with van der Waals surface area (Å²) in [6.45, 7) is 9.86. The van der Waals surface area contributed by atoms with Gasteiger partial charge in [-0.1, -0.05) is 43.7 Å². The van der Waals surface area contributed by atoms with Crippen molar-refractivity contribution in [1.29, 1.82) is 0 Å². The zero-order chi connectivity index (χ0) is 20.6. The van der Waals surface area contributed by atoms with Gasteiger partial charge in [0.25, 0.3) is 0 Å². The molecule has 1 aromatic carbocycles. The fraction of sp³-hybridized carbons (Fsp3) is 0.682. The van der Waals surface area contributed by atoms with Gasteiger partial charge >= 0.3 is 0 Å². The smallest absolute Gasteiger partial charge is 0.191 e. The molecule has 0 amide bonds. The monoisotopic (exact) mass is 406 g/mol. The standard InChI is InChI=1S/C22H38N4O3/c1-3-4-13-27-17-18-28-14-10-24-22(23-2)25-19-21(20-8-6-5-7-9-20)26-11-15-29-16-12-26/h5-9,21H,3-4,10-19H2,1-2H3,(H2,23,24,25). The molecule has 1 aliphatic rings. The second kappa shape index (κ2) is 15.2. The number of nitrogens with one attached hydrogen (secondary N) is 2. The summed E-state index contributed by atoms with van der Waals surface area (Å²) in [5, 5.41) is 6.79. The molecule has 7 heteroatoms. The quantitative estimate of drug-likeness (QED) is 0.297. The number of morpholine rings is 1. The largest absolute Gasteiger partial charge is 0.379 e. The molecule has 0 aliphatic carbocycles. The zero-order valence-corrected chi connectivity index (χ0v) is 18.1. The van der Waals surface area contributed by atoms with E-state index in [4.69, 9.17) is 14.2 Å². The molecule has 0 spiro atoms. The molecular weight excluding hydrogens is 368 g/mol. The minimum atomic E-state index is 0.287. The maximum absolute atomic E-state index is 5.61. The molecule has 1 unspecified atom stereocenters. The minimum absolute atomic E-state index is 0.287. The molecule has 1 atom stereocenters. The van der Waals surface area contributed by atoms with Crippen molar-refractivity contribution < 1.29 is 14.2 Å². The third-order valence-corrected chi connectivity index (χ3v) is 4.91. The Morgan fingerprint density at radius 1 is 1.07 bits per heavy atom. The molecule has 0 bridgehead atoms. The van der Waals surface area contributed by atoms with Crippen molar-refractivity contribution in [2.45, 2.75) is 25.8 Å². The Labute approximate surface area is 175 Å². The van der Waals surface area contributed by atoms with Crippen LogP contribution < -0.4 is 10.6 Å². The Hall–Kier alpha value is -1.67. The molecule has 29 heavy (non-hydrogen) atoms. The molecule has 1 saturated heterocycles. The third-order valence-electron chi connectivity index (χ3n) is 4.91. The lowest BCUT2D eigenvalue weighted by Gasteiger charge is -2.35. The van der Waals surface area contributed by atoms with Gasteiger partial charge in [-0.05, 0) is 12.0 Å². The van der Waals surface area contributed by atoms with Crippen LogP contribution in [0, 0.1) is 0 Å². The Morgan fingerprint density at radius 3 is 2.48 bits per heavy atom. The number of hydrogen-bond donors (Lipinski definition) is 2. The summed E-state index contributed by atoms with van der Waals surface area (Å²) in [4.78, 5) is 6.81. The Balaban J connectivity index is 1.70. The normalized spacial score (nSPS) is 16.6. The first-order chi connectivity index (χ1) is 14.3. The number of ether oxygens (including phenoxy) is 3. The van der Waals surface area contributed by atoms with E-state index >= 15 is 0 Å². The summed E-state index contributed by atoms with van der Waals surface area (Å²) >= 11 is 0. The van der Waals surface area contributed by atoms with Crippen LogP contribution in [0.3, 0.4) is 0 Å². The fourth-order valence-electron chi connectivity index (χ4n) is 3.25. The van der Waals surface area contributed by atoms with E-state index in [1.165, 1.54) is 5.56 Å². The lowest BCUT2D eigenvalue weighted by atomic mass is 10.0. The number of aliphatic imine (C=N–C) groups is 1. The van der Waals surface area contributed by atoms with Crippen LogP contribution in [0.2, 0.25) is 0 Å².